The molecule has 2 aromatic heterocycles. The maximum absolute atomic E-state index is 13.0. The van der Waals surface area contributed by atoms with Gasteiger partial charge in [0.1, 0.15) is 11.3 Å². The Labute approximate surface area is 158 Å². The van der Waals surface area contributed by atoms with Crippen molar-refractivity contribution < 1.29 is 31.6 Å². The van der Waals surface area contributed by atoms with Crippen LogP contribution in [0.25, 0.3) is 0 Å². The smallest absolute Gasteiger partial charge is 0.253 e. The SMILES string of the molecule is Cc1noc(C)c1C(=O)N(Cc1nn[nH]n1)c1c[c-]c(N(N)O)cc1.[Fe]. The summed E-state index contributed by atoms with van der Waals surface area (Å²) in [5, 5.41) is 27.1. The first kappa shape index (κ1) is 19.5. The second-order valence-electron chi connectivity index (χ2n) is 5.20. The van der Waals surface area contributed by atoms with Gasteiger partial charge in [-0.15, -0.1) is 22.3 Å². The van der Waals surface area contributed by atoms with E-state index in [0.717, 1.165) is 0 Å². The third-order valence-corrected chi connectivity index (χ3v) is 3.52. The molecule has 0 fully saturated rings. The fraction of sp³-hybridized carbons (Fsp3) is 0.214. The van der Waals surface area contributed by atoms with Gasteiger partial charge in [-0.2, -0.15) is 17.3 Å². The van der Waals surface area contributed by atoms with Gasteiger partial charge in [-0.25, -0.2) is 11.0 Å². The van der Waals surface area contributed by atoms with Crippen LogP contribution >= 0.6 is 0 Å². The number of nitrogens with one attached hydrogen (secondary N) is 1. The molecule has 12 heteroatoms. The Morgan fingerprint density at radius 1 is 1.42 bits per heavy atom. The molecule has 0 saturated carbocycles. The molecule has 3 aromatic rings. The van der Waals surface area contributed by atoms with Crippen LogP contribution in [0.5, 0.6) is 0 Å². The molecule has 0 radical (unpaired) electrons. The summed E-state index contributed by atoms with van der Waals surface area (Å²) >= 11 is 0. The first-order valence-corrected chi connectivity index (χ1v) is 7.20. The molecule has 0 aliphatic rings. The Balaban J connectivity index is 0.00000243. The summed E-state index contributed by atoms with van der Waals surface area (Å²) in [4.78, 5) is 14.5. The standard InChI is InChI=1S/C14H15N8O3.Fe/c1-8-13(9(2)25-18-8)14(23)21(7-12-16-19-20-17-12)10-3-5-11(6-4-10)22(15)24;/h3-5,24H,7,15H2,1-2H3,(H,16,17,19,20);/q-1;. The van der Waals surface area contributed by atoms with E-state index in [0.29, 0.717) is 33.7 Å². The monoisotopic (exact) mass is 399 g/mol. The van der Waals surface area contributed by atoms with Gasteiger partial charge in [0, 0.05) is 17.1 Å². The predicted molar refractivity (Wildman–Crippen MR) is 84.4 cm³/mol. The number of carbonyl (C=O) groups is 1. The van der Waals surface area contributed by atoms with Crippen LogP contribution in [-0.4, -0.2) is 36.9 Å². The van der Waals surface area contributed by atoms with Gasteiger partial charge in [-0.3, -0.25) is 10.0 Å². The molecule has 0 atom stereocenters. The molecule has 0 aliphatic carbocycles. The number of nitrogens with zero attached hydrogens (tertiary/aromatic N) is 6. The Kier molecular flexibility index (Phi) is 6.05. The Morgan fingerprint density at radius 3 is 2.69 bits per heavy atom. The molecule has 0 bridgehead atoms. The molecule has 4 N–H and O–H groups in total. The fourth-order valence-corrected chi connectivity index (χ4v) is 2.31. The number of rotatable bonds is 5. The van der Waals surface area contributed by atoms with E-state index in [1.54, 1.807) is 19.9 Å². The van der Waals surface area contributed by atoms with Gasteiger partial charge in [-0.1, -0.05) is 16.1 Å². The number of H-pyrrole nitrogens is 1. The number of tetrazole rings is 1. The van der Waals surface area contributed by atoms with Crippen molar-refractivity contribution in [2.45, 2.75) is 20.4 Å². The quantitative estimate of drug-likeness (QED) is 0.241. The zero-order valence-corrected chi connectivity index (χ0v) is 14.9. The number of aromatic amines is 1. The summed E-state index contributed by atoms with van der Waals surface area (Å²) < 4.78 is 5.08. The van der Waals surface area contributed by atoms with Crippen LogP contribution in [0.3, 0.4) is 0 Å². The molecule has 3 rings (SSSR count). The summed E-state index contributed by atoms with van der Waals surface area (Å²) in [5.41, 5.74) is 1.58. The summed E-state index contributed by atoms with van der Waals surface area (Å²) in [7, 11) is 0. The molecular formula is C14H15FeN8O3-. The van der Waals surface area contributed by atoms with Crippen LogP contribution in [-0.2, 0) is 23.6 Å². The van der Waals surface area contributed by atoms with Gasteiger partial charge in [0.2, 0.25) is 0 Å². The largest absolute Gasteiger partial charge is 0.361 e. The van der Waals surface area contributed by atoms with Crippen molar-refractivity contribution in [1.82, 2.24) is 25.8 Å². The van der Waals surface area contributed by atoms with Gasteiger partial charge in [0.15, 0.2) is 5.82 Å². The van der Waals surface area contributed by atoms with Gasteiger partial charge < -0.3 is 9.42 Å². The van der Waals surface area contributed by atoms with Crippen LogP contribution in [0.4, 0.5) is 11.4 Å². The van der Waals surface area contributed by atoms with Crippen molar-refractivity contribution in [2.75, 3.05) is 10.1 Å². The number of hydrazine groups is 1. The molecule has 26 heavy (non-hydrogen) atoms. The minimum absolute atomic E-state index is 0. The first-order valence-electron chi connectivity index (χ1n) is 7.20. The number of hydrogen-bond acceptors (Lipinski definition) is 9. The Morgan fingerprint density at radius 2 is 2.19 bits per heavy atom. The summed E-state index contributed by atoms with van der Waals surface area (Å²) in [6.45, 7) is 3.41. The van der Waals surface area contributed by atoms with Crippen molar-refractivity contribution in [3.63, 3.8) is 0 Å². The van der Waals surface area contributed by atoms with E-state index in [-0.39, 0.29) is 35.2 Å². The van der Waals surface area contributed by atoms with Crippen molar-refractivity contribution in [2.24, 2.45) is 5.84 Å². The predicted octanol–water partition coefficient (Wildman–Crippen LogP) is 0.519. The zero-order chi connectivity index (χ0) is 18.0. The molecule has 1 amide bonds. The van der Waals surface area contributed by atoms with Crippen LogP contribution in [0, 0.1) is 19.9 Å². The molecule has 11 nitrogen and oxygen atoms in total. The van der Waals surface area contributed by atoms with Gasteiger partial charge in [-0.05, 0) is 19.5 Å². The Bertz CT molecular complexity index is 843. The number of anilines is 2. The van der Waals surface area contributed by atoms with Crippen molar-refractivity contribution >= 4 is 17.3 Å². The topological polar surface area (TPSA) is 150 Å². The molecular weight excluding hydrogens is 384 g/mol. The van der Waals surface area contributed by atoms with Crippen molar-refractivity contribution in [1.29, 1.82) is 0 Å². The molecule has 2 heterocycles. The number of carbonyl (C=O) groups excluding carboxylic acids is 1. The maximum atomic E-state index is 13.0. The van der Waals surface area contributed by atoms with E-state index in [2.05, 4.69) is 31.8 Å². The fourth-order valence-electron chi connectivity index (χ4n) is 2.31. The van der Waals surface area contributed by atoms with E-state index < -0.39 is 0 Å². The summed E-state index contributed by atoms with van der Waals surface area (Å²) in [5.74, 6) is 5.65. The average molecular weight is 399 g/mol. The van der Waals surface area contributed by atoms with Gasteiger partial charge >= 0.3 is 0 Å². The average Bonchev–Trinajstić information content (AvgIpc) is 3.22. The van der Waals surface area contributed by atoms with Crippen LogP contribution in [0.2, 0.25) is 0 Å². The number of amides is 1. The number of hydrogen-bond donors (Lipinski definition) is 3. The number of nitrogens with two attached hydrogens (primary N) is 1. The van der Waals surface area contributed by atoms with Crippen LogP contribution in [0.15, 0.2) is 22.7 Å². The molecule has 138 valence electrons. The second kappa shape index (κ2) is 8.06. The first-order chi connectivity index (χ1) is 12.0. The van der Waals surface area contributed by atoms with Gasteiger partial charge in [0.25, 0.3) is 5.91 Å². The van der Waals surface area contributed by atoms with Crippen molar-refractivity contribution in [3.8, 4) is 0 Å². The second-order valence-corrected chi connectivity index (χ2v) is 5.20. The molecule has 1 aromatic carbocycles. The Hall–Kier alpha value is -2.79. The van der Waals surface area contributed by atoms with Crippen molar-refractivity contribution in [3.05, 3.63) is 47.1 Å². The summed E-state index contributed by atoms with van der Waals surface area (Å²) in [6.07, 6.45) is 0. The number of benzene rings is 1. The van der Waals surface area contributed by atoms with Crippen LogP contribution in [0.1, 0.15) is 27.6 Å². The van der Waals surface area contributed by atoms with Crippen LogP contribution < -0.4 is 15.9 Å². The zero-order valence-electron chi connectivity index (χ0n) is 13.8. The van der Waals surface area contributed by atoms with E-state index >= 15 is 0 Å². The minimum Gasteiger partial charge on any atom is -0.361 e. The maximum Gasteiger partial charge on any atom is 0.253 e. The van der Waals surface area contributed by atoms with E-state index in [1.807, 2.05) is 0 Å². The third-order valence-electron chi connectivity index (χ3n) is 3.52. The van der Waals surface area contributed by atoms with E-state index in [4.69, 9.17) is 10.4 Å². The minimum atomic E-state index is -0.337. The van der Waals surface area contributed by atoms with Gasteiger partial charge in [0.05, 0.1) is 12.2 Å². The van der Waals surface area contributed by atoms with E-state index in [1.165, 1.54) is 17.0 Å². The summed E-state index contributed by atoms with van der Waals surface area (Å²) in [6, 6.07) is 7.42. The third kappa shape index (κ3) is 3.89. The molecule has 0 spiro atoms. The number of aryl methyl sites for hydroxylation is 2. The molecule has 0 aliphatic heterocycles. The molecule has 0 unspecified atom stereocenters. The number of aromatic nitrogens is 5. The normalized spacial score (nSPS) is 10.3. The molecule has 0 saturated heterocycles. The van der Waals surface area contributed by atoms with E-state index in [9.17, 15) is 10.0 Å².